The van der Waals surface area contributed by atoms with Crippen LogP contribution in [0.3, 0.4) is 0 Å². The Morgan fingerprint density at radius 3 is 2.43 bits per heavy atom. The number of aromatic nitrogens is 3. The van der Waals surface area contributed by atoms with Crippen LogP contribution in [0.4, 0.5) is 5.95 Å². The van der Waals surface area contributed by atoms with Crippen molar-refractivity contribution in [3.63, 3.8) is 0 Å². The number of ether oxygens (including phenoxy) is 3. The van der Waals surface area contributed by atoms with Crippen molar-refractivity contribution in [3.8, 4) is 17.5 Å². The predicted molar refractivity (Wildman–Crippen MR) is 78.3 cm³/mol. The Hall–Kier alpha value is -2.28. The van der Waals surface area contributed by atoms with E-state index in [0.29, 0.717) is 24.0 Å². The summed E-state index contributed by atoms with van der Waals surface area (Å²) in [6, 6.07) is 5.77. The number of benzene rings is 1. The summed E-state index contributed by atoms with van der Waals surface area (Å²) in [6.07, 6.45) is 0. The monoisotopic (exact) mass is 310 g/mol. The number of methoxy groups -OCH3 is 3. The lowest BCUT2D eigenvalue weighted by Gasteiger charge is -2.10. The van der Waals surface area contributed by atoms with Crippen LogP contribution >= 0.6 is 11.6 Å². The number of hydrogen-bond acceptors (Lipinski definition) is 7. The molecule has 21 heavy (non-hydrogen) atoms. The minimum absolute atomic E-state index is 0.0664. The minimum atomic E-state index is 0.0664. The molecule has 1 N–H and O–H groups in total. The van der Waals surface area contributed by atoms with Gasteiger partial charge in [0.05, 0.1) is 21.3 Å². The molecular weight excluding hydrogens is 296 g/mol. The summed E-state index contributed by atoms with van der Waals surface area (Å²) < 4.78 is 15.4. The SMILES string of the molecule is COc1nc(Cl)nc(NCc2ccc(OC)c(OC)c2)n1. The van der Waals surface area contributed by atoms with Crippen LogP contribution in [0.25, 0.3) is 0 Å². The fourth-order valence-electron chi connectivity index (χ4n) is 1.67. The molecule has 1 aromatic carbocycles. The van der Waals surface area contributed by atoms with Gasteiger partial charge in [-0.3, -0.25) is 0 Å². The summed E-state index contributed by atoms with van der Waals surface area (Å²) in [5.41, 5.74) is 0.975. The van der Waals surface area contributed by atoms with Crippen LogP contribution in [-0.4, -0.2) is 36.3 Å². The van der Waals surface area contributed by atoms with Crippen LogP contribution in [0.1, 0.15) is 5.56 Å². The summed E-state index contributed by atoms with van der Waals surface area (Å²) in [5, 5.41) is 3.11. The molecule has 0 spiro atoms. The van der Waals surface area contributed by atoms with E-state index < -0.39 is 0 Å². The second kappa shape index (κ2) is 6.94. The van der Waals surface area contributed by atoms with Gasteiger partial charge in [-0.1, -0.05) is 6.07 Å². The molecule has 0 bridgehead atoms. The predicted octanol–water partition coefficient (Wildman–Crippen LogP) is 2.16. The highest BCUT2D eigenvalue weighted by Crippen LogP contribution is 2.27. The third-order valence-corrected chi connectivity index (χ3v) is 2.84. The van der Waals surface area contributed by atoms with E-state index in [2.05, 4.69) is 20.3 Å². The van der Waals surface area contributed by atoms with Gasteiger partial charge in [-0.05, 0) is 29.3 Å². The molecular formula is C13H15ClN4O3. The van der Waals surface area contributed by atoms with Crippen molar-refractivity contribution in [2.45, 2.75) is 6.54 Å². The van der Waals surface area contributed by atoms with Gasteiger partial charge in [0.1, 0.15) is 0 Å². The number of rotatable bonds is 6. The Morgan fingerprint density at radius 1 is 1.00 bits per heavy atom. The minimum Gasteiger partial charge on any atom is -0.493 e. The zero-order valence-electron chi connectivity index (χ0n) is 11.9. The van der Waals surface area contributed by atoms with Crippen LogP contribution in [0, 0.1) is 0 Å². The smallest absolute Gasteiger partial charge is 0.322 e. The Morgan fingerprint density at radius 2 is 1.76 bits per heavy atom. The van der Waals surface area contributed by atoms with Gasteiger partial charge in [0.25, 0.3) is 0 Å². The molecule has 2 rings (SSSR count). The molecule has 1 heterocycles. The maximum Gasteiger partial charge on any atom is 0.322 e. The highest BCUT2D eigenvalue weighted by Gasteiger charge is 2.07. The number of anilines is 1. The Kier molecular flexibility index (Phi) is 4.99. The van der Waals surface area contributed by atoms with Gasteiger partial charge in [-0.15, -0.1) is 0 Å². The van der Waals surface area contributed by atoms with Crippen molar-refractivity contribution in [1.82, 2.24) is 15.0 Å². The highest BCUT2D eigenvalue weighted by molar-refractivity contribution is 6.28. The zero-order valence-corrected chi connectivity index (χ0v) is 12.6. The molecule has 8 heteroatoms. The molecule has 2 aromatic rings. The van der Waals surface area contributed by atoms with Crippen molar-refractivity contribution in [2.75, 3.05) is 26.6 Å². The lowest BCUT2D eigenvalue weighted by molar-refractivity contribution is 0.354. The fraction of sp³-hybridized carbons (Fsp3) is 0.308. The molecule has 0 saturated carbocycles. The van der Waals surface area contributed by atoms with Crippen LogP contribution in [-0.2, 0) is 6.54 Å². The molecule has 0 atom stereocenters. The third kappa shape index (κ3) is 3.85. The molecule has 0 unspecified atom stereocenters. The number of nitrogens with zero attached hydrogens (tertiary/aromatic N) is 3. The first kappa shape index (κ1) is 15.1. The van der Waals surface area contributed by atoms with E-state index in [1.165, 1.54) is 7.11 Å². The number of nitrogens with one attached hydrogen (secondary N) is 1. The van der Waals surface area contributed by atoms with Crippen molar-refractivity contribution in [3.05, 3.63) is 29.0 Å². The Bertz CT molecular complexity index is 624. The van der Waals surface area contributed by atoms with Crippen molar-refractivity contribution in [1.29, 1.82) is 0 Å². The van der Waals surface area contributed by atoms with E-state index >= 15 is 0 Å². The van der Waals surface area contributed by atoms with Crippen LogP contribution in [0.2, 0.25) is 5.28 Å². The molecule has 0 aliphatic carbocycles. The van der Waals surface area contributed by atoms with Gasteiger partial charge in [-0.2, -0.15) is 15.0 Å². The van der Waals surface area contributed by atoms with Crippen molar-refractivity contribution < 1.29 is 14.2 Å². The summed E-state index contributed by atoms with van der Waals surface area (Å²) >= 11 is 5.78. The van der Waals surface area contributed by atoms with E-state index in [1.807, 2.05) is 18.2 Å². The lowest BCUT2D eigenvalue weighted by atomic mass is 10.2. The quantitative estimate of drug-likeness (QED) is 0.876. The van der Waals surface area contributed by atoms with E-state index in [4.69, 9.17) is 25.8 Å². The second-order valence-corrected chi connectivity index (χ2v) is 4.30. The van der Waals surface area contributed by atoms with Crippen molar-refractivity contribution in [2.24, 2.45) is 0 Å². The lowest BCUT2D eigenvalue weighted by Crippen LogP contribution is -2.06. The van der Waals surface area contributed by atoms with Gasteiger partial charge in [0, 0.05) is 6.54 Å². The fourth-order valence-corrected chi connectivity index (χ4v) is 1.83. The third-order valence-electron chi connectivity index (χ3n) is 2.67. The van der Waals surface area contributed by atoms with E-state index in [9.17, 15) is 0 Å². The number of halogens is 1. The topological polar surface area (TPSA) is 78.4 Å². The summed E-state index contributed by atoms with van der Waals surface area (Å²) in [5.74, 6) is 1.66. The molecule has 0 aliphatic rings. The molecule has 7 nitrogen and oxygen atoms in total. The summed E-state index contributed by atoms with van der Waals surface area (Å²) in [4.78, 5) is 11.8. The molecule has 0 saturated heterocycles. The van der Waals surface area contributed by atoms with Gasteiger partial charge < -0.3 is 19.5 Å². The first-order valence-electron chi connectivity index (χ1n) is 6.06. The number of hydrogen-bond donors (Lipinski definition) is 1. The molecule has 112 valence electrons. The van der Waals surface area contributed by atoms with Crippen LogP contribution in [0.5, 0.6) is 17.5 Å². The van der Waals surface area contributed by atoms with Gasteiger partial charge in [0.15, 0.2) is 11.5 Å². The molecule has 0 aliphatic heterocycles. The Labute approximate surface area is 127 Å². The van der Waals surface area contributed by atoms with E-state index in [1.54, 1.807) is 14.2 Å². The van der Waals surface area contributed by atoms with Crippen LogP contribution < -0.4 is 19.5 Å². The zero-order chi connectivity index (χ0) is 15.2. The summed E-state index contributed by atoms with van der Waals surface area (Å²) in [7, 11) is 4.64. The van der Waals surface area contributed by atoms with E-state index in [-0.39, 0.29) is 11.3 Å². The molecule has 0 amide bonds. The normalized spacial score (nSPS) is 10.1. The molecule has 1 aromatic heterocycles. The van der Waals surface area contributed by atoms with Gasteiger partial charge in [-0.25, -0.2) is 0 Å². The van der Waals surface area contributed by atoms with Crippen LogP contribution in [0.15, 0.2) is 18.2 Å². The maximum absolute atomic E-state index is 5.78. The first-order chi connectivity index (χ1) is 10.2. The average molecular weight is 311 g/mol. The summed E-state index contributed by atoms with van der Waals surface area (Å²) in [6.45, 7) is 0.490. The molecule has 0 fully saturated rings. The largest absolute Gasteiger partial charge is 0.493 e. The van der Waals surface area contributed by atoms with E-state index in [0.717, 1.165) is 5.56 Å². The van der Waals surface area contributed by atoms with Gasteiger partial charge >= 0.3 is 6.01 Å². The standard InChI is InChI=1S/C13H15ClN4O3/c1-19-9-5-4-8(6-10(9)20-2)7-15-12-16-11(14)17-13(18-12)21-3/h4-6H,7H2,1-3H3,(H,15,16,17,18). The average Bonchev–Trinajstić information content (AvgIpc) is 2.52. The molecule has 0 radical (unpaired) electrons. The van der Waals surface area contributed by atoms with Crippen molar-refractivity contribution >= 4 is 17.5 Å². The second-order valence-electron chi connectivity index (χ2n) is 3.96. The Balaban J connectivity index is 2.11. The first-order valence-corrected chi connectivity index (χ1v) is 6.44. The highest BCUT2D eigenvalue weighted by atomic mass is 35.5. The van der Waals surface area contributed by atoms with Gasteiger partial charge in [0.2, 0.25) is 11.2 Å². The maximum atomic E-state index is 5.78.